The Kier molecular flexibility index (Phi) is 2.90. The van der Waals surface area contributed by atoms with Gasteiger partial charge in [-0.3, -0.25) is 9.59 Å². The summed E-state index contributed by atoms with van der Waals surface area (Å²) >= 11 is 0. The highest BCUT2D eigenvalue weighted by atomic mass is 16.3. The van der Waals surface area contributed by atoms with E-state index in [1.54, 1.807) is 17.0 Å². The molecule has 1 aliphatic rings. The number of hydrogen-bond acceptors (Lipinski definition) is 3. The highest BCUT2D eigenvalue weighted by molar-refractivity contribution is 5.78. The van der Waals surface area contributed by atoms with Gasteiger partial charge in [0.05, 0.1) is 0 Å². The van der Waals surface area contributed by atoms with Crippen LogP contribution in [0.4, 0.5) is 0 Å². The van der Waals surface area contributed by atoms with Crippen molar-refractivity contribution in [3.05, 3.63) is 29.3 Å². The number of nitrogens with zero attached hydrogens (tertiary/aromatic N) is 1. The Balaban J connectivity index is 2.27. The fourth-order valence-electron chi connectivity index (χ4n) is 2.17. The number of phenolic OH excluding ortho intramolecular Hbond substituents is 1. The fourth-order valence-corrected chi connectivity index (χ4v) is 2.17. The number of carbonyl (C=O) groups excluding carboxylic acids is 2. The lowest BCUT2D eigenvalue weighted by Crippen LogP contribution is -2.17. The van der Waals surface area contributed by atoms with Gasteiger partial charge in [0.1, 0.15) is 12.0 Å². The molecule has 1 amide bonds. The predicted molar refractivity (Wildman–Crippen MR) is 58.5 cm³/mol. The molecule has 0 saturated carbocycles. The van der Waals surface area contributed by atoms with E-state index in [1.807, 2.05) is 0 Å². The first-order valence-corrected chi connectivity index (χ1v) is 5.22. The number of aldehydes is 1. The van der Waals surface area contributed by atoms with Crippen molar-refractivity contribution in [3.63, 3.8) is 0 Å². The van der Waals surface area contributed by atoms with E-state index in [0.29, 0.717) is 12.1 Å². The molecule has 2 rings (SSSR count). The molecule has 1 N–H and O–H groups in total. The fraction of sp³-hybridized carbons (Fsp3) is 0.333. The van der Waals surface area contributed by atoms with Crippen LogP contribution >= 0.6 is 0 Å². The Morgan fingerprint density at radius 1 is 1.38 bits per heavy atom. The van der Waals surface area contributed by atoms with E-state index in [9.17, 15) is 14.7 Å². The lowest BCUT2D eigenvalue weighted by Gasteiger charge is -2.13. The molecule has 1 aliphatic heterocycles. The molecule has 1 heterocycles. The van der Waals surface area contributed by atoms with Gasteiger partial charge in [-0.2, -0.15) is 0 Å². The number of phenols is 1. The molecule has 1 aromatic rings. The molecule has 4 heteroatoms. The van der Waals surface area contributed by atoms with Crippen LogP contribution in [0.5, 0.6) is 5.75 Å². The summed E-state index contributed by atoms with van der Waals surface area (Å²) in [5.74, 6) is 0.294. The number of rotatable bonds is 3. The third-order valence-corrected chi connectivity index (χ3v) is 3.01. The van der Waals surface area contributed by atoms with E-state index < -0.39 is 0 Å². The number of carbonyl (C=O) groups is 2. The number of benzene rings is 1. The first-order chi connectivity index (χ1) is 7.74. The largest absolute Gasteiger partial charge is 0.508 e. The molecule has 0 aromatic heterocycles. The number of amides is 1. The molecule has 1 saturated heterocycles. The van der Waals surface area contributed by atoms with E-state index in [1.165, 1.54) is 6.07 Å². The molecule has 1 aromatic carbocycles. The maximum Gasteiger partial charge on any atom is 0.209 e. The van der Waals surface area contributed by atoms with Crippen molar-refractivity contribution < 1.29 is 14.7 Å². The maximum atomic E-state index is 10.9. The second kappa shape index (κ2) is 4.35. The van der Waals surface area contributed by atoms with Crippen LogP contribution in [0.2, 0.25) is 0 Å². The minimum absolute atomic E-state index is 0.0936. The van der Waals surface area contributed by atoms with Gasteiger partial charge in [0, 0.05) is 24.6 Å². The van der Waals surface area contributed by atoms with Crippen LogP contribution in [0.3, 0.4) is 0 Å². The van der Waals surface area contributed by atoms with Crippen molar-refractivity contribution >= 4 is 12.7 Å². The van der Waals surface area contributed by atoms with E-state index in [0.717, 1.165) is 31.2 Å². The van der Waals surface area contributed by atoms with Crippen molar-refractivity contribution in [2.45, 2.75) is 12.3 Å². The Labute approximate surface area is 93.5 Å². The predicted octanol–water partition coefficient (Wildman–Crippen LogP) is 1.15. The van der Waals surface area contributed by atoms with Crippen molar-refractivity contribution in [3.8, 4) is 5.75 Å². The molecule has 4 nitrogen and oxygen atoms in total. The molecule has 1 fully saturated rings. The number of likely N-dealkylation sites (tertiary alicyclic amines) is 1. The van der Waals surface area contributed by atoms with E-state index in [4.69, 9.17) is 0 Å². The summed E-state index contributed by atoms with van der Waals surface area (Å²) in [5.41, 5.74) is 1.43. The van der Waals surface area contributed by atoms with Gasteiger partial charge in [-0.1, -0.05) is 6.07 Å². The van der Waals surface area contributed by atoms with Crippen LogP contribution in [-0.4, -0.2) is 35.8 Å². The summed E-state index contributed by atoms with van der Waals surface area (Å²) in [6, 6.07) is 4.80. The summed E-state index contributed by atoms with van der Waals surface area (Å²) in [6.45, 7) is 1.38. The van der Waals surface area contributed by atoms with Gasteiger partial charge < -0.3 is 10.0 Å². The van der Waals surface area contributed by atoms with Crippen LogP contribution in [0, 0.1) is 0 Å². The molecular weight excluding hydrogens is 206 g/mol. The second-order valence-electron chi connectivity index (χ2n) is 4.02. The Morgan fingerprint density at radius 2 is 2.19 bits per heavy atom. The molecular formula is C12H13NO3. The van der Waals surface area contributed by atoms with Crippen LogP contribution < -0.4 is 0 Å². The number of aromatic hydroxyl groups is 1. The minimum atomic E-state index is 0.0936. The first kappa shape index (κ1) is 10.7. The molecule has 84 valence electrons. The zero-order valence-electron chi connectivity index (χ0n) is 8.80. The zero-order valence-corrected chi connectivity index (χ0v) is 8.80. The van der Waals surface area contributed by atoms with Crippen molar-refractivity contribution in [1.82, 2.24) is 4.90 Å². The van der Waals surface area contributed by atoms with Crippen LogP contribution in [0.15, 0.2) is 18.2 Å². The minimum Gasteiger partial charge on any atom is -0.508 e. The average Bonchev–Trinajstić information content (AvgIpc) is 2.77. The summed E-state index contributed by atoms with van der Waals surface area (Å²) in [4.78, 5) is 23.2. The van der Waals surface area contributed by atoms with E-state index >= 15 is 0 Å². The molecule has 1 unspecified atom stereocenters. The zero-order chi connectivity index (χ0) is 11.5. The van der Waals surface area contributed by atoms with Crippen LogP contribution in [0.1, 0.15) is 28.3 Å². The van der Waals surface area contributed by atoms with Crippen LogP contribution in [-0.2, 0) is 4.79 Å². The first-order valence-electron chi connectivity index (χ1n) is 5.22. The van der Waals surface area contributed by atoms with Gasteiger partial charge in [-0.25, -0.2) is 0 Å². The quantitative estimate of drug-likeness (QED) is 0.776. The molecule has 16 heavy (non-hydrogen) atoms. The standard InChI is InChI=1S/C12H13NO3/c14-7-10-5-11(16)1-2-12(10)9-3-4-13(6-9)8-15/h1-2,5,7-9,16H,3-4,6H2. The maximum absolute atomic E-state index is 10.9. The average molecular weight is 219 g/mol. The Morgan fingerprint density at radius 3 is 2.81 bits per heavy atom. The normalized spacial score (nSPS) is 19.8. The Hall–Kier alpha value is -1.84. The van der Waals surface area contributed by atoms with Gasteiger partial charge in [0.2, 0.25) is 6.41 Å². The van der Waals surface area contributed by atoms with Crippen molar-refractivity contribution in [2.75, 3.05) is 13.1 Å². The highest BCUT2D eigenvalue weighted by Gasteiger charge is 2.24. The van der Waals surface area contributed by atoms with E-state index in [-0.39, 0.29) is 11.7 Å². The second-order valence-corrected chi connectivity index (χ2v) is 4.02. The smallest absolute Gasteiger partial charge is 0.209 e. The van der Waals surface area contributed by atoms with Crippen molar-refractivity contribution in [2.24, 2.45) is 0 Å². The summed E-state index contributed by atoms with van der Waals surface area (Å²) in [5, 5.41) is 9.28. The highest BCUT2D eigenvalue weighted by Crippen LogP contribution is 2.29. The summed E-state index contributed by atoms with van der Waals surface area (Å²) in [7, 11) is 0. The molecule has 1 atom stereocenters. The molecule has 0 bridgehead atoms. The molecule has 0 spiro atoms. The Bertz CT molecular complexity index is 417. The third-order valence-electron chi connectivity index (χ3n) is 3.01. The molecule has 0 radical (unpaired) electrons. The summed E-state index contributed by atoms with van der Waals surface area (Å²) in [6.07, 6.45) is 2.45. The van der Waals surface area contributed by atoms with Crippen molar-refractivity contribution in [1.29, 1.82) is 0 Å². The number of hydrogen-bond donors (Lipinski definition) is 1. The monoisotopic (exact) mass is 219 g/mol. The SMILES string of the molecule is O=Cc1cc(O)ccc1C1CCN(C=O)C1. The van der Waals surface area contributed by atoms with Gasteiger partial charge in [0.25, 0.3) is 0 Å². The lowest BCUT2D eigenvalue weighted by atomic mass is 9.94. The third kappa shape index (κ3) is 1.91. The molecule has 0 aliphatic carbocycles. The topological polar surface area (TPSA) is 57.6 Å². The van der Waals surface area contributed by atoms with Gasteiger partial charge in [-0.15, -0.1) is 0 Å². The van der Waals surface area contributed by atoms with Gasteiger partial charge >= 0.3 is 0 Å². The van der Waals surface area contributed by atoms with Gasteiger partial charge in [0.15, 0.2) is 0 Å². The lowest BCUT2D eigenvalue weighted by molar-refractivity contribution is -0.117. The van der Waals surface area contributed by atoms with Gasteiger partial charge in [-0.05, 0) is 24.1 Å². The van der Waals surface area contributed by atoms with E-state index in [2.05, 4.69) is 0 Å². The summed E-state index contributed by atoms with van der Waals surface area (Å²) < 4.78 is 0. The van der Waals surface area contributed by atoms with Crippen LogP contribution in [0.25, 0.3) is 0 Å².